The van der Waals surface area contributed by atoms with Crippen molar-refractivity contribution >= 4 is 27.4 Å². The first-order chi connectivity index (χ1) is 9.03. The fraction of sp³-hybridized carbons (Fsp3) is 0.100. The molecule has 9 heteroatoms. The summed E-state index contributed by atoms with van der Waals surface area (Å²) in [6.45, 7) is 0.118. The van der Waals surface area contributed by atoms with Crippen LogP contribution in [0.15, 0.2) is 40.2 Å². The lowest BCUT2D eigenvalue weighted by Crippen LogP contribution is -2.23. The molecule has 19 heavy (non-hydrogen) atoms. The largest absolute Gasteiger partial charge is 0.472 e. The van der Waals surface area contributed by atoms with E-state index < -0.39 is 10.0 Å². The second kappa shape index (κ2) is 5.57. The zero-order valence-corrected chi connectivity index (χ0v) is 11.2. The first-order valence-corrected chi connectivity index (χ1v) is 7.02. The van der Waals surface area contributed by atoms with Crippen LogP contribution in [0.4, 0.5) is 5.82 Å². The van der Waals surface area contributed by atoms with Crippen LogP contribution < -0.4 is 16.0 Å². The average Bonchev–Trinajstić information content (AvgIpc) is 2.89. The van der Waals surface area contributed by atoms with E-state index in [2.05, 4.69) is 15.1 Å². The zero-order valence-electron chi connectivity index (χ0n) is 9.63. The Labute approximate surface area is 114 Å². The third-order valence-electron chi connectivity index (χ3n) is 2.31. The van der Waals surface area contributed by atoms with Crippen LogP contribution >= 0.6 is 11.6 Å². The van der Waals surface area contributed by atoms with Crippen molar-refractivity contribution in [3.63, 3.8) is 0 Å². The van der Waals surface area contributed by atoms with E-state index in [-0.39, 0.29) is 22.3 Å². The summed E-state index contributed by atoms with van der Waals surface area (Å²) in [6, 6.07) is 2.93. The molecule has 0 unspecified atom stereocenters. The minimum absolute atomic E-state index is 0.0417. The Morgan fingerprint density at radius 3 is 2.84 bits per heavy atom. The molecule has 4 N–H and O–H groups in total. The maximum Gasteiger partial charge on any atom is 0.242 e. The van der Waals surface area contributed by atoms with Gasteiger partial charge in [-0.2, -0.15) is 0 Å². The van der Waals surface area contributed by atoms with Crippen molar-refractivity contribution in [3.8, 4) is 0 Å². The smallest absolute Gasteiger partial charge is 0.242 e. The fourth-order valence-corrected chi connectivity index (χ4v) is 2.60. The van der Waals surface area contributed by atoms with Crippen LogP contribution in [-0.2, 0) is 16.6 Å². The second-order valence-corrected chi connectivity index (χ2v) is 5.78. The fourth-order valence-electron chi connectivity index (χ4n) is 1.33. The van der Waals surface area contributed by atoms with Crippen molar-refractivity contribution < 1.29 is 12.8 Å². The third-order valence-corrected chi connectivity index (χ3v) is 3.97. The van der Waals surface area contributed by atoms with Crippen molar-refractivity contribution in [1.29, 1.82) is 0 Å². The third kappa shape index (κ3) is 3.24. The molecule has 0 aliphatic carbocycles. The number of hydrogen-bond donors (Lipinski definition) is 3. The van der Waals surface area contributed by atoms with Crippen molar-refractivity contribution in [2.45, 2.75) is 11.4 Å². The predicted molar refractivity (Wildman–Crippen MR) is 69.8 cm³/mol. The molecule has 0 aliphatic rings. The summed E-state index contributed by atoms with van der Waals surface area (Å²) in [5.74, 6) is 5.36. The maximum atomic E-state index is 12.0. The topological polar surface area (TPSA) is 110 Å². The molecule has 2 rings (SSSR count). The van der Waals surface area contributed by atoms with Gasteiger partial charge in [0.05, 0.1) is 17.5 Å². The predicted octanol–water partition coefficient (Wildman–Crippen LogP) is 1.09. The molecule has 0 amide bonds. The van der Waals surface area contributed by atoms with Gasteiger partial charge in [-0.3, -0.25) is 0 Å². The minimum Gasteiger partial charge on any atom is -0.472 e. The molecule has 0 saturated heterocycles. The van der Waals surface area contributed by atoms with E-state index in [9.17, 15) is 8.42 Å². The maximum absolute atomic E-state index is 12.0. The number of hydrazine groups is 1. The van der Waals surface area contributed by atoms with Gasteiger partial charge in [-0.1, -0.05) is 11.6 Å². The number of anilines is 1. The van der Waals surface area contributed by atoms with E-state index in [1.807, 2.05) is 0 Å². The van der Waals surface area contributed by atoms with Crippen molar-refractivity contribution in [2.75, 3.05) is 5.43 Å². The number of pyridine rings is 1. The summed E-state index contributed by atoms with van der Waals surface area (Å²) >= 11 is 5.82. The van der Waals surface area contributed by atoms with E-state index in [0.29, 0.717) is 5.56 Å². The van der Waals surface area contributed by atoms with Gasteiger partial charge < -0.3 is 9.84 Å². The molecule has 2 aromatic rings. The standard InChI is InChI=1S/C10H11ClN4O3S/c11-9-3-8(5-13-10(9)15-12)19(16,17)14-4-7-1-2-18-6-7/h1-3,5-6,14H,4,12H2,(H,13,15). The molecule has 2 heterocycles. The van der Waals surface area contributed by atoms with Gasteiger partial charge in [-0.15, -0.1) is 0 Å². The molecule has 0 aromatic carbocycles. The summed E-state index contributed by atoms with van der Waals surface area (Å²) in [6.07, 6.45) is 4.08. The van der Waals surface area contributed by atoms with Crippen molar-refractivity contribution in [2.24, 2.45) is 5.84 Å². The molecule has 2 aromatic heterocycles. The quantitative estimate of drug-likeness (QED) is 0.563. The van der Waals surface area contributed by atoms with E-state index in [1.165, 1.54) is 24.8 Å². The summed E-state index contributed by atoms with van der Waals surface area (Å²) in [5.41, 5.74) is 2.97. The van der Waals surface area contributed by atoms with Gasteiger partial charge in [0.2, 0.25) is 10.0 Å². The van der Waals surface area contributed by atoms with Gasteiger partial charge in [0.15, 0.2) is 5.82 Å². The Kier molecular flexibility index (Phi) is 4.05. The molecule has 7 nitrogen and oxygen atoms in total. The Hall–Kier alpha value is -1.61. The molecular formula is C10H11ClN4O3S. The summed E-state index contributed by atoms with van der Waals surface area (Å²) in [5, 5.41) is 0.119. The first kappa shape index (κ1) is 13.8. The number of nitrogens with two attached hydrogens (primary N) is 1. The van der Waals surface area contributed by atoms with Gasteiger partial charge in [-0.25, -0.2) is 24.0 Å². The summed E-state index contributed by atoms with van der Waals surface area (Å²) in [7, 11) is -3.69. The Morgan fingerprint density at radius 1 is 1.47 bits per heavy atom. The molecule has 0 atom stereocenters. The van der Waals surface area contributed by atoms with Crippen LogP contribution in [0, 0.1) is 0 Å². The number of furan rings is 1. The molecule has 0 spiro atoms. The van der Waals surface area contributed by atoms with Gasteiger partial charge >= 0.3 is 0 Å². The number of sulfonamides is 1. The Morgan fingerprint density at radius 2 is 2.26 bits per heavy atom. The highest BCUT2D eigenvalue weighted by atomic mass is 35.5. The summed E-state index contributed by atoms with van der Waals surface area (Å²) in [4.78, 5) is 3.76. The lowest BCUT2D eigenvalue weighted by atomic mass is 10.4. The molecule has 102 valence electrons. The number of rotatable bonds is 5. The monoisotopic (exact) mass is 302 g/mol. The molecule has 0 radical (unpaired) electrons. The number of hydrogen-bond acceptors (Lipinski definition) is 6. The van der Waals surface area contributed by atoms with Crippen LogP contribution in [-0.4, -0.2) is 13.4 Å². The van der Waals surface area contributed by atoms with Crippen LogP contribution in [0.2, 0.25) is 5.02 Å². The van der Waals surface area contributed by atoms with Gasteiger partial charge in [-0.05, 0) is 12.1 Å². The van der Waals surface area contributed by atoms with Crippen LogP contribution in [0.3, 0.4) is 0 Å². The number of nitrogen functional groups attached to an aromatic ring is 1. The second-order valence-electron chi connectivity index (χ2n) is 3.60. The van der Waals surface area contributed by atoms with E-state index in [0.717, 1.165) is 0 Å². The average molecular weight is 303 g/mol. The van der Waals surface area contributed by atoms with E-state index in [1.54, 1.807) is 6.07 Å². The highest BCUT2D eigenvalue weighted by Gasteiger charge is 2.16. The van der Waals surface area contributed by atoms with Crippen molar-refractivity contribution in [3.05, 3.63) is 41.4 Å². The van der Waals surface area contributed by atoms with Crippen LogP contribution in [0.25, 0.3) is 0 Å². The molecule has 0 aliphatic heterocycles. The van der Waals surface area contributed by atoms with Gasteiger partial charge in [0.1, 0.15) is 4.90 Å². The summed E-state index contributed by atoms with van der Waals surface area (Å²) < 4.78 is 31.2. The molecule has 0 bridgehead atoms. The van der Waals surface area contributed by atoms with Crippen LogP contribution in [0.1, 0.15) is 5.56 Å². The number of nitrogens with zero attached hydrogens (tertiary/aromatic N) is 1. The molecule has 0 saturated carbocycles. The first-order valence-electron chi connectivity index (χ1n) is 5.16. The van der Waals surface area contributed by atoms with Gasteiger partial charge in [0, 0.05) is 18.3 Å². The van der Waals surface area contributed by atoms with Crippen LogP contribution in [0.5, 0.6) is 0 Å². The Balaban J connectivity index is 2.17. The number of nitrogens with one attached hydrogen (secondary N) is 2. The van der Waals surface area contributed by atoms with E-state index >= 15 is 0 Å². The normalized spacial score (nSPS) is 11.5. The Bertz CT molecular complexity index is 657. The number of halogens is 1. The lowest BCUT2D eigenvalue weighted by molar-refractivity contribution is 0.561. The lowest BCUT2D eigenvalue weighted by Gasteiger charge is -2.07. The van der Waals surface area contributed by atoms with E-state index in [4.69, 9.17) is 21.9 Å². The minimum atomic E-state index is -3.69. The highest BCUT2D eigenvalue weighted by molar-refractivity contribution is 7.89. The highest BCUT2D eigenvalue weighted by Crippen LogP contribution is 2.21. The van der Waals surface area contributed by atoms with Crippen molar-refractivity contribution in [1.82, 2.24) is 9.71 Å². The molecule has 0 fully saturated rings. The number of aromatic nitrogens is 1. The molecular weight excluding hydrogens is 292 g/mol. The zero-order chi connectivity index (χ0) is 13.9. The SMILES string of the molecule is NNc1ncc(S(=O)(=O)NCc2ccoc2)cc1Cl. The van der Waals surface area contributed by atoms with Gasteiger partial charge in [0.25, 0.3) is 0 Å².